The van der Waals surface area contributed by atoms with E-state index >= 15 is 0 Å². The Bertz CT molecular complexity index is 271. The van der Waals surface area contributed by atoms with E-state index in [1.807, 2.05) is 7.05 Å². The van der Waals surface area contributed by atoms with Crippen LogP contribution in [0.4, 0.5) is 0 Å². The van der Waals surface area contributed by atoms with Gasteiger partial charge in [0.25, 0.3) is 0 Å². The maximum absolute atomic E-state index is 5.76. The lowest BCUT2D eigenvalue weighted by Gasteiger charge is -2.23. The van der Waals surface area contributed by atoms with E-state index in [2.05, 4.69) is 39.6 Å². The molecule has 0 spiro atoms. The topological polar surface area (TPSA) is 38.0 Å². The van der Waals surface area contributed by atoms with Gasteiger partial charge >= 0.3 is 0 Å². The van der Waals surface area contributed by atoms with Crippen LogP contribution in [0.2, 0.25) is 0 Å². The van der Waals surface area contributed by atoms with Gasteiger partial charge in [-0.1, -0.05) is 13.3 Å². The van der Waals surface area contributed by atoms with Gasteiger partial charge in [0.05, 0.1) is 0 Å². The predicted molar refractivity (Wildman–Crippen MR) is 66.7 cm³/mol. The zero-order valence-corrected chi connectivity index (χ0v) is 11.0. The van der Waals surface area contributed by atoms with Crippen molar-refractivity contribution in [3.8, 4) is 0 Å². The average molecular weight is 277 g/mol. The van der Waals surface area contributed by atoms with Crippen LogP contribution in [0.1, 0.15) is 24.3 Å². The fourth-order valence-corrected chi connectivity index (χ4v) is 3.29. The smallest absolute Gasteiger partial charge is 0.0453 e. The molecule has 0 aliphatic carbocycles. The van der Waals surface area contributed by atoms with Crippen molar-refractivity contribution in [1.82, 2.24) is 5.32 Å². The Morgan fingerprint density at radius 2 is 2.36 bits per heavy atom. The molecule has 0 saturated heterocycles. The normalized spacial score (nSPS) is 15.4. The Labute approximate surface area is 98.0 Å². The summed E-state index contributed by atoms with van der Waals surface area (Å²) in [6, 6.07) is 2.56. The Hall–Kier alpha value is 0.1000. The molecule has 0 bridgehead atoms. The van der Waals surface area contributed by atoms with Crippen LogP contribution in [-0.2, 0) is 0 Å². The SMILES string of the molecule is CCC(CN)C(NC)c1cc(Br)cs1. The van der Waals surface area contributed by atoms with Crippen LogP contribution in [0.5, 0.6) is 0 Å². The maximum Gasteiger partial charge on any atom is 0.0453 e. The van der Waals surface area contributed by atoms with Crippen LogP contribution in [0.3, 0.4) is 0 Å². The molecule has 0 aromatic carbocycles. The van der Waals surface area contributed by atoms with Crippen LogP contribution in [0.25, 0.3) is 0 Å². The summed E-state index contributed by atoms with van der Waals surface area (Å²) in [5.41, 5.74) is 5.76. The summed E-state index contributed by atoms with van der Waals surface area (Å²) in [6.45, 7) is 2.92. The van der Waals surface area contributed by atoms with E-state index in [1.54, 1.807) is 11.3 Å². The second kappa shape index (κ2) is 5.85. The largest absolute Gasteiger partial charge is 0.330 e. The Balaban J connectivity index is 2.80. The highest BCUT2D eigenvalue weighted by Crippen LogP contribution is 2.30. The van der Waals surface area contributed by atoms with Gasteiger partial charge in [0, 0.05) is 20.8 Å². The molecule has 1 rings (SSSR count). The molecule has 0 aliphatic rings. The van der Waals surface area contributed by atoms with E-state index in [4.69, 9.17) is 5.73 Å². The molecule has 2 nitrogen and oxygen atoms in total. The first-order chi connectivity index (χ1) is 6.72. The zero-order valence-electron chi connectivity index (χ0n) is 8.59. The molecule has 0 aliphatic heterocycles. The lowest BCUT2D eigenvalue weighted by molar-refractivity contribution is 0.383. The Morgan fingerprint density at radius 3 is 2.71 bits per heavy atom. The molecule has 1 aromatic heterocycles. The quantitative estimate of drug-likeness (QED) is 0.868. The van der Waals surface area contributed by atoms with Crippen LogP contribution in [0.15, 0.2) is 15.9 Å². The van der Waals surface area contributed by atoms with Gasteiger partial charge in [-0.05, 0) is 41.5 Å². The molecule has 1 heterocycles. The third-order valence-corrected chi connectivity index (χ3v) is 4.28. The van der Waals surface area contributed by atoms with Gasteiger partial charge in [0.1, 0.15) is 0 Å². The van der Waals surface area contributed by atoms with Crippen molar-refractivity contribution in [2.75, 3.05) is 13.6 Å². The van der Waals surface area contributed by atoms with Gasteiger partial charge in [-0.25, -0.2) is 0 Å². The molecule has 0 fully saturated rings. The van der Waals surface area contributed by atoms with E-state index in [0.717, 1.165) is 17.4 Å². The summed E-state index contributed by atoms with van der Waals surface area (Å²) >= 11 is 5.25. The molecule has 14 heavy (non-hydrogen) atoms. The van der Waals surface area contributed by atoms with Crippen molar-refractivity contribution in [2.24, 2.45) is 11.7 Å². The zero-order chi connectivity index (χ0) is 10.6. The van der Waals surface area contributed by atoms with Gasteiger partial charge in [-0.2, -0.15) is 0 Å². The van der Waals surface area contributed by atoms with Crippen LogP contribution >= 0.6 is 27.3 Å². The number of nitrogens with one attached hydrogen (secondary N) is 1. The second-order valence-electron chi connectivity index (χ2n) is 3.34. The number of rotatable bonds is 5. The minimum atomic E-state index is 0.390. The molecule has 3 N–H and O–H groups in total. The number of nitrogens with two attached hydrogens (primary N) is 1. The van der Waals surface area contributed by atoms with Gasteiger partial charge in [0.2, 0.25) is 0 Å². The number of thiophene rings is 1. The van der Waals surface area contributed by atoms with Gasteiger partial charge < -0.3 is 11.1 Å². The first-order valence-corrected chi connectivity index (χ1v) is 6.51. The minimum Gasteiger partial charge on any atom is -0.330 e. The first-order valence-electron chi connectivity index (χ1n) is 4.84. The van der Waals surface area contributed by atoms with Crippen molar-refractivity contribution in [3.63, 3.8) is 0 Å². The number of hydrogen-bond acceptors (Lipinski definition) is 3. The minimum absolute atomic E-state index is 0.390. The van der Waals surface area contributed by atoms with Crippen LogP contribution < -0.4 is 11.1 Å². The monoisotopic (exact) mass is 276 g/mol. The molecule has 80 valence electrons. The Morgan fingerprint density at radius 1 is 1.64 bits per heavy atom. The lowest BCUT2D eigenvalue weighted by Crippen LogP contribution is -2.29. The van der Waals surface area contributed by atoms with E-state index in [9.17, 15) is 0 Å². The summed E-state index contributed by atoms with van der Waals surface area (Å²) in [5.74, 6) is 0.519. The fraction of sp³-hybridized carbons (Fsp3) is 0.600. The number of hydrogen-bond donors (Lipinski definition) is 2. The third-order valence-electron chi connectivity index (χ3n) is 2.50. The number of halogens is 1. The summed E-state index contributed by atoms with van der Waals surface area (Å²) in [4.78, 5) is 1.36. The first kappa shape index (κ1) is 12.2. The van der Waals surface area contributed by atoms with Gasteiger partial charge in [-0.3, -0.25) is 0 Å². The molecule has 0 saturated carbocycles. The highest BCUT2D eigenvalue weighted by Gasteiger charge is 2.20. The van der Waals surface area contributed by atoms with Crippen molar-refractivity contribution >= 4 is 27.3 Å². The molecule has 4 heteroatoms. The van der Waals surface area contributed by atoms with Crippen LogP contribution in [0, 0.1) is 5.92 Å². The second-order valence-corrected chi connectivity index (χ2v) is 5.20. The third kappa shape index (κ3) is 2.79. The summed E-state index contributed by atoms with van der Waals surface area (Å²) in [6.07, 6.45) is 1.11. The van der Waals surface area contributed by atoms with E-state index < -0.39 is 0 Å². The molecule has 2 atom stereocenters. The molecule has 2 unspecified atom stereocenters. The van der Waals surface area contributed by atoms with E-state index in [1.165, 1.54) is 4.88 Å². The van der Waals surface area contributed by atoms with E-state index in [-0.39, 0.29) is 0 Å². The van der Waals surface area contributed by atoms with Crippen molar-refractivity contribution < 1.29 is 0 Å². The molecule has 0 amide bonds. The maximum atomic E-state index is 5.76. The average Bonchev–Trinajstić information content (AvgIpc) is 2.60. The van der Waals surface area contributed by atoms with Crippen molar-refractivity contribution in [2.45, 2.75) is 19.4 Å². The fourth-order valence-electron chi connectivity index (χ4n) is 1.64. The summed E-state index contributed by atoms with van der Waals surface area (Å²) in [5, 5.41) is 5.46. The van der Waals surface area contributed by atoms with Gasteiger partial charge in [0.15, 0.2) is 0 Å². The molecule has 1 aromatic rings. The lowest BCUT2D eigenvalue weighted by atomic mass is 9.96. The van der Waals surface area contributed by atoms with E-state index in [0.29, 0.717) is 12.0 Å². The highest BCUT2D eigenvalue weighted by molar-refractivity contribution is 9.10. The van der Waals surface area contributed by atoms with Crippen LogP contribution in [-0.4, -0.2) is 13.6 Å². The molecule has 0 radical (unpaired) electrons. The highest BCUT2D eigenvalue weighted by atomic mass is 79.9. The van der Waals surface area contributed by atoms with Gasteiger partial charge in [-0.15, -0.1) is 11.3 Å². The Kier molecular flexibility index (Phi) is 5.09. The van der Waals surface area contributed by atoms with Crippen molar-refractivity contribution in [3.05, 3.63) is 20.8 Å². The standard InChI is InChI=1S/C10H17BrN2S/c1-3-7(5-12)10(13-2)9-4-8(11)6-14-9/h4,6-7,10,13H,3,5,12H2,1-2H3. The molecular formula is C10H17BrN2S. The van der Waals surface area contributed by atoms with Crippen molar-refractivity contribution in [1.29, 1.82) is 0 Å². The predicted octanol–water partition coefficient (Wildman–Crippen LogP) is 2.76. The molecular weight excluding hydrogens is 260 g/mol. The summed E-state index contributed by atoms with van der Waals surface area (Å²) in [7, 11) is 2.00. The summed E-state index contributed by atoms with van der Waals surface area (Å²) < 4.78 is 1.16.